The van der Waals surface area contributed by atoms with Crippen molar-refractivity contribution in [2.75, 3.05) is 24.7 Å². The van der Waals surface area contributed by atoms with Crippen molar-refractivity contribution in [2.45, 2.75) is 10.8 Å². The van der Waals surface area contributed by atoms with E-state index in [0.717, 1.165) is 18.0 Å². The normalized spacial score (nSPS) is 16.1. The van der Waals surface area contributed by atoms with Crippen LogP contribution in [-0.4, -0.2) is 19.4 Å². The number of ether oxygens (including phenoxy) is 1. The van der Waals surface area contributed by atoms with Gasteiger partial charge in [-0.3, -0.25) is 0 Å². The smallest absolute Gasteiger partial charge is 0.143 e. The van der Waals surface area contributed by atoms with E-state index in [0.29, 0.717) is 17.2 Å². The molecule has 1 aliphatic heterocycles. The molecule has 3 nitrogen and oxygen atoms in total. The van der Waals surface area contributed by atoms with Gasteiger partial charge in [0.1, 0.15) is 11.8 Å². The van der Waals surface area contributed by atoms with Crippen molar-refractivity contribution in [2.24, 2.45) is 0 Å². The summed E-state index contributed by atoms with van der Waals surface area (Å²) in [5, 5.41) is 12.6. The van der Waals surface area contributed by atoms with Gasteiger partial charge in [0, 0.05) is 23.1 Å². The number of hydrogen-bond donors (Lipinski definition) is 1. The first-order valence-corrected chi connectivity index (χ1v) is 7.84. The van der Waals surface area contributed by atoms with E-state index in [2.05, 4.69) is 35.7 Å². The van der Waals surface area contributed by atoms with Gasteiger partial charge in [-0.05, 0) is 23.8 Å². The summed E-state index contributed by atoms with van der Waals surface area (Å²) in [6.45, 7) is 0.805. The van der Waals surface area contributed by atoms with Crippen LogP contribution in [0.2, 0.25) is 0 Å². The zero-order chi connectivity index (χ0) is 14.7. The maximum Gasteiger partial charge on any atom is 0.143 e. The molecule has 2 aromatic carbocycles. The first-order chi connectivity index (χ1) is 10.3. The molecule has 4 heteroatoms. The summed E-state index contributed by atoms with van der Waals surface area (Å²) >= 11 is 1.89. The van der Waals surface area contributed by atoms with Gasteiger partial charge in [-0.2, -0.15) is 5.26 Å². The minimum Gasteiger partial charge on any atom is -0.495 e. The molecule has 0 aromatic heterocycles. The van der Waals surface area contributed by atoms with Crippen molar-refractivity contribution in [3.63, 3.8) is 0 Å². The fourth-order valence-electron chi connectivity index (χ4n) is 2.60. The number of fused-ring (bicyclic) bond motifs is 1. The summed E-state index contributed by atoms with van der Waals surface area (Å²) in [6.07, 6.45) is 0. The number of nitrogens with one attached hydrogen (secondary N) is 1. The molecule has 1 aliphatic rings. The SMILES string of the molecule is COc1cccc(C#N)c1NCC1CSc2ccccc21. The van der Waals surface area contributed by atoms with E-state index in [1.165, 1.54) is 10.5 Å². The number of nitriles is 1. The molecule has 0 saturated heterocycles. The minimum atomic E-state index is 0.461. The molecule has 0 amide bonds. The fourth-order valence-corrected chi connectivity index (χ4v) is 3.85. The van der Waals surface area contributed by atoms with Gasteiger partial charge in [0.25, 0.3) is 0 Å². The molecule has 0 bridgehead atoms. The number of methoxy groups -OCH3 is 1. The predicted molar refractivity (Wildman–Crippen MR) is 86.1 cm³/mol. The Balaban J connectivity index is 1.79. The Bertz CT molecular complexity index is 693. The van der Waals surface area contributed by atoms with Crippen LogP contribution in [0.5, 0.6) is 5.75 Å². The largest absolute Gasteiger partial charge is 0.495 e. The van der Waals surface area contributed by atoms with Crippen LogP contribution in [0.1, 0.15) is 17.0 Å². The molecule has 1 atom stereocenters. The van der Waals surface area contributed by atoms with Crippen molar-refractivity contribution in [1.82, 2.24) is 0 Å². The lowest BCUT2D eigenvalue weighted by atomic mass is 10.0. The molecular formula is C17H16N2OS. The quantitative estimate of drug-likeness (QED) is 0.930. The molecule has 3 rings (SSSR count). The molecule has 0 spiro atoms. The standard InChI is InChI=1S/C17H16N2OS/c1-20-15-7-4-5-12(9-18)17(15)19-10-13-11-21-16-8-3-2-6-14(13)16/h2-8,13,19H,10-11H2,1H3. The van der Waals surface area contributed by atoms with Crippen LogP contribution in [0.3, 0.4) is 0 Å². The van der Waals surface area contributed by atoms with Crippen LogP contribution >= 0.6 is 11.8 Å². The van der Waals surface area contributed by atoms with E-state index in [1.54, 1.807) is 7.11 Å². The number of benzene rings is 2. The fraction of sp³-hybridized carbons (Fsp3) is 0.235. The minimum absolute atomic E-state index is 0.461. The second-order valence-corrected chi connectivity index (χ2v) is 5.98. The molecule has 0 saturated carbocycles. The Morgan fingerprint density at radius 1 is 1.29 bits per heavy atom. The van der Waals surface area contributed by atoms with Crippen molar-refractivity contribution in [1.29, 1.82) is 5.26 Å². The Kier molecular flexibility index (Phi) is 4.03. The number of hydrogen-bond acceptors (Lipinski definition) is 4. The lowest BCUT2D eigenvalue weighted by Crippen LogP contribution is -2.13. The summed E-state index contributed by atoms with van der Waals surface area (Å²) in [5.74, 6) is 2.25. The average Bonchev–Trinajstić information content (AvgIpc) is 2.95. The highest BCUT2D eigenvalue weighted by atomic mass is 32.2. The van der Waals surface area contributed by atoms with E-state index in [9.17, 15) is 5.26 Å². The van der Waals surface area contributed by atoms with Gasteiger partial charge in [0.2, 0.25) is 0 Å². The molecule has 2 aromatic rings. The Labute approximate surface area is 128 Å². The number of thioether (sulfide) groups is 1. The van der Waals surface area contributed by atoms with Crippen molar-refractivity contribution >= 4 is 17.4 Å². The number of para-hydroxylation sites is 1. The zero-order valence-corrected chi connectivity index (χ0v) is 12.6. The summed E-state index contributed by atoms with van der Waals surface area (Å²) in [4.78, 5) is 1.37. The van der Waals surface area contributed by atoms with Gasteiger partial charge in [-0.1, -0.05) is 24.3 Å². The molecule has 106 valence electrons. The van der Waals surface area contributed by atoms with Gasteiger partial charge >= 0.3 is 0 Å². The summed E-state index contributed by atoms with van der Waals surface area (Å²) in [7, 11) is 1.63. The monoisotopic (exact) mass is 296 g/mol. The number of nitrogens with zero attached hydrogens (tertiary/aromatic N) is 1. The molecule has 1 unspecified atom stereocenters. The van der Waals surface area contributed by atoms with Crippen molar-refractivity contribution < 1.29 is 4.74 Å². The van der Waals surface area contributed by atoms with Gasteiger partial charge in [0.15, 0.2) is 0 Å². The summed E-state index contributed by atoms with van der Waals surface area (Å²) in [6, 6.07) is 16.3. The third kappa shape index (κ3) is 2.70. The second-order valence-electron chi connectivity index (χ2n) is 4.92. The van der Waals surface area contributed by atoms with Crippen molar-refractivity contribution in [3.8, 4) is 11.8 Å². The third-order valence-corrected chi connectivity index (χ3v) is 4.94. The highest BCUT2D eigenvalue weighted by Gasteiger charge is 2.23. The van der Waals surface area contributed by atoms with Crippen LogP contribution in [0.4, 0.5) is 5.69 Å². The van der Waals surface area contributed by atoms with Gasteiger partial charge in [-0.15, -0.1) is 11.8 Å². The topological polar surface area (TPSA) is 45.0 Å². The maximum absolute atomic E-state index is 9.24. The van der Waals surface area contributed by atoms with Crippen LogP contribution < -0.4 is 10.1 Å². The molecule has 0 fully saturated rings. The van der Waals surface area contributed by atoms with E-state index >= 15 is 0 Å². The number of anilines is 1. The zero-order valence-electron chi connectivity index (χ0n) is 11.8. The van der Waals surface area contributed by atoms with Crippen LogP contribution in [0.15, 0.2) is 47.4 Å². The first-order valence-electron chi connectivity index (χ1n) is 6.86. The van der Waals surface area contributed by atoms with E-state index in [-0.39, 0.29) is 0 Å². The van der Waals surface area contributed by atoms with Crippen LogP contribution in [0, 0.1) is 11.3 Å². The second kappa shape index (κ2) is 6.11. The summed E-state index contributed by atoms with van der Waals surface area (Å²) in [5.41, 5.74) is 2.80. The first kappa shape index (κ1) is 13.8. The molecule has 1 heterocycles. The van der Waals surface area contributed by atoms with Crippen LogP contribution in [-0.2, 0) is 0 Å². The molecule has 0 aliphatic carbocycles. The predicted octanol–water partition coefficient (Wildman–Crippen LogP) is 3.87. The van der Waals surface area contributed by atoms with E-state index in [4.69, 9.17) is 4.74 Å². The third-order valence-electron chi connectivity index (χ3n) is 3.69. The van der Waals surface area contributed by atoms with Gasteiger partial charge in [-0.25, -0.2) is 0 Å². The van der Waals surface area contributed by atoms with E-state index in [1.807, 2.05) is 30.0 Å². The maximum atomic E-state index is 9.24. The van der Waals surface area contributed by atoms with Gasteiger partial charge < -0.3 is 10.1 Å². The lowest BCUT2D eigenvalue weighted by Gasteiger charge is -2.16. The Morgan fingerprint density at radius 2 is 2.14 bits per heavy atom. The van der Waals surface area contributed by atoms with E-state index < -0.39 is 0 Å². The van der Waals surface area contributed by atoms with Crippen molar-refractivity contribution in [3.05, 3.63) is 53.6 Å². The molecule has 0 radical (unpaired) electrons. The van der Waals surface area contributed by atoms with Gasteiger partial charge in [0.05, 0.1) is 18.4 Å². The average molecular weight is 296 g/mol. The Hall–Kier alpha value is -2.12. The molecular weight excluding hydrogens is 280 g/mol. The molecule has 21 heavy (non-hydrogen) atoms. The number of rotatable bonds is 4. The highest BCUT2D eigenvalue weighted by Crippen LogP contribution is 2.39. The molecule has 1 N–H and O–H groups in total. The summed E-state index contributed by atoms with van der Waals surface area (Å²) < 4.78 is 5.35. The lowest BCUT2D eigenvalue weighted by molar-refractivity contribution is 0.416. The highest BCUT2D eigenvalue weighted by molar-refractivity contribution is 7.99. The Morgan fingerprint density at radius 3 is 2.95 bits per heavy atom. The van der Waals surface area contributed by atoms with Crippen LogP contribution in [0.25, 0.3) is 0 Å².